The Balaban J connectivity index is -0.000000119. The van der Waals surface area contributed by atoms with Crippen molar-refractivity contribution in [1.82, 2.24) is 0 Å². The molecule has 0 saturated carbocycles. The third-order valence-electron chi connectivity index (χ3n) is 1.84. The van der Waals surface area contributed by atoms with Gasteiger partial charge in [0.15, 0.2) is 5.78 Å². The quantitative estimate of drug-likeness (QED) is 0.522. The van der Waals surface area contributed by atoms with Gasteiger partial charge in [-0.3, -0.25) is 4.79 Å². The highest BCUT2D eigenvalue weighted by Gasteiger charge is 1.98. The molecule has 0 unspecified atom stereocenters. The largest absolute Gasteiger partial charge is 0.478 e. The molecule has 4 heteroatoms. The first-order valence-corrected chi connectivity index (χ1v) is 5.56. The topological polar surface area (TPSA) is 63.6 Å². The molecule has 1 aromatic carbocycles. The van der Waals surface area contributed by atoms with Gasteiger partial charge in [-0.05, 0) is 44.0 Å². The number of carboxylic acids is 1. The summed E-state index contributed by atoms with van der Waals surface area (Å²) in [5, 5.41) is 7.60. The maximum atomic E-state index is 11.0. The molecule has 0 spiro atoms. The van der Waals surface area contributed by atoms with E-state index in [0.717, 1.165) is 6.08 Å². The fourth-order valence-corrected chi connectivity index (χ4v) is 0.930. The summed E-state index contributed by atoms with van der Waals surface area (Å²) in [5.74, 6) is 7.36. The Morgan fingerprint density at radius 3 is 2.25 bits per heavy atom. The van der Waals surface area contributed by atoms with Crippen molar-refractivity contribution in [2.75, 3.05) is 0 Å². The molecule has 1 aromatic rings. The number of Topliss-reactive ketones (excluding diaryl/α,β-unsaturated/α-hetero) is 1. The Kier molecular flexibility index (Phi) is 8.50. The standard InChI is InChI=1S/C13H10O2.C3H4O2.4H2/c1-3-4-5-10-15-13-8-6-12(7-9-13)11(2)14;1-2-3(4)5;;;;/h6-9H,1-2H3;2H,1H2,(H,4,5);4*1H. The zero-order valence-electron chi connectivity index (χ0n) is 11.3. The third-order valence-corrected chi connectivity index (χ3v) is 1.84. The van der Waals surface area contributed by atoms with Crippen LogP contribution in [0.25, 0.3) is 0 Å². The molecule has 0 saturated heterocycles. The molecule has 20 heavy (non-hydrogen) atoms. The van der Waals surface area contributed by atoms with Crippen molar-refractivity contribution in [2.45, 2.75) is 13.8 Å². The Morgan fingerprint density at radius 2 is 1.85 bits per heavy atom. The van der Waals surface area contributed by atoms with Gasteiger partial charge in [-0.2, -0.15) is 0 Å². The van der Waals surface area contributed by atoms with Gasteiger partial charge in [0, 0.05) is 23.3 Å². The molecule has 0 amide bonds. The highest BCUT2D eigenvalue weighted by atomic mass is 16.5. The first-order chi connectivity index (χ1) is 9.51. The lowest BCUT2D eigenvalue weighted by molar-refractivity contribution is -0.131. The molecular weight excluding hydrogens is 256 g/mol. The summed E-state index contributed by atoms with van der Waals surface area (Å²) in [4.78, 5) is 20.2. The summed E-state index contributed by atoms with van der Waals surface area (Å²) in [5.41, 5.74) is 0.656. The van der Waals surface area contributed by atoms with Gasteiger partial charge in [0.2, 0.25) is 0 Å². The average Bonchev–Trinajstić information content (AvgIpc) is 2.44. The van der Waals surface area contributed by atoms with E-state index in [2.05, 4.69) is 30.4 Å². The van der Waals surface area contributed by atoms with E-state index < -0.39 is 5.97 Å². The Hall–Kier alpha value is -2.98. The molecule has 0 aliphatic rings. The third kappa shape index (κ3) is 8.16. The van der Waals surface area contributed by atoms with Crippen LogP contribution >= 0.6 is 0 Å². The summed E-state index contributed by atoms with van der Waals surface area (Å²) < 4.78 is 5.07. The predicted octanol–water partition coefficient (Wildman–Crippen LogP) is 3.49. The second-order valence-electron chi connectivity index (χ2n) is 3.33. The molecule has 0 bridgehead atoms. The van der Waals surface area contributed by atoms with Crippen LogP contribution in [-0.4, -0.2) is 16.9 Å². The minimum Gasteiger partial charge on any atom is -0.478 e. The van der Waals surface area contributed by atoms with Crippen LogP contribution in [0.4, 0.5) is 0 Å². The average molecular weight is 278 g/mol. The molecule has 0 aliphatic carbocycles. The molecule has 110 valence electrons. The first-order valence-electron chi connectivity index (χ1n) is 5.56. The van der Waals surface area contributed by atoms with Crippen LogP contribution in [0.1, 0.15) is 29.9 Å². The number of hydrogen-bond donors (Lipinski definition) is 1. The molecule has 0 aromatic heterocycles. The normalized spacial score (nSPS) is 7.50. The lowest BCUT2D eigenvalue weighted by Gasteiger charge is -1.97. The van der Waals surface area contributed by atoms with Crippen LogP contribution in [0.2, 0.25) is 0 Å². The molecule has 1 rings (SSSR count). The fraction of sp³-hybridized carbons (Fsp3) is 0.125. The van der Waals surface area contributed by atoms with Gasteiger partial charge >= 0.3 is 5.97 Å². The maximum Gasteiger partial charge on any atom is 0.327 e. The summed E-state index contributed by atoms with van der Waals surface area (Å²) in [6, 6.07) is 6.80. The molecule has 0 fully saturated rings. The number of aliphatic carboxylic acids is 1. The summed E-state index contributed by atoms with van der Waals surface area (Å²) in [6.07, 6.45) is 3.28. The number of rotatable bonds is 3. The minimum absolute atomic E-state index is 0. The highest BCUT2D eigenvalue weighted by molar-refractivity contribution is 5.94. The molecule has 0 heterocycles. The first kappa shape index (κ1) is 17.0. The van der Waals surface area contributed by atoms with Crippen LogP contribution in [0, 0.1) is 23.9 Å². The summed E-state index contributed by atoms with van der Waals surface area (Å²) in [6.45, 7) is 6.19. The Bertz CT molecular complexity index is 605. The lowest BCUT2D eigenvalue weighted by Crippen LogP contribution is -1.91. The Labute approximate surface area is 124 Å². The van der Waals surface area contributed by atoms with Gasteiger partial charge in [-0.1, -0.05) is 12.5 Å². The van der Waals surface area contributed by atoms with E-state index in [0.29, 0.717) is 11.3 Å². The second kappa shape index (κ2) is 9.99. The second-order valence-corrected chi connectivity index (χ2v) is 3.33. The van der Waals surface area contributed by atoms with Crippen molar-refractivity contribution in [3.8, 4) is 29.6 Å². The van der Waals surface area contributed by atoms with Gasteiger partial charge in [-0.15, -0.1) is 0 Å². The molecule has 1 N–H and O–H groups in total. The van der Waals surface area contributed by atoms with Crippen molar-refractivity contribution in [3.63, 3.8) is 0 Å². The summed E-state index contributed by atoms with van der Waals surface area (Å²) >= 11 is 0. The number of hydrogen-bond acceptors (Lipinski definition) is 3. The van der Waals surface area contributed by atoms with E-state index in [9.17, 15) is 9.59 Å². The van der Waals surface area contributed by atoms with Gasteiger partial charge in [0.25, 0.3) is 0 Å². The van der Waals surface area contributed by atoms with Crippen LogP contribution in [0.15, 0.2) is 36.9 Å². The zero-order chi connectivity index (χ0) is 15.4. The zero-order valence-corrected chi connectivity index (χ0v) is 11.3. The minimum atomic E-state index is -0.981. The molecule has 0 aliphatic heterocycles. The van der Waals surface area contributed by atoms with E-state index in [1.165, 1.54) is 6.92 Å². The maximum absolute atomic E-state index is 11.0. The van der Waals surface area contributed by atoms with Crippen molar-refractivity contribution in [2.24, 2.45) is 0 Å². The number of ether oxygens (including phenoxy) is 1. The molecule has 4 nitrogen and oxygen atoms in total. The lowest BCUT2D eigenvalue weighted by atomic mass is 10.1. The van der Waals surface area contributed by atoms with Crippen molar-refractivity contribution in [3.05, 3.63) is 42.5 Å². The number of carbonyl (C=O) groups is 2. The Morgan fingerprint density at radius 1 is 1.30 bits per heavy atom. The number of carbonyl (C=O) groups excluding carboxylic acids is 1. The number of benzene rings is 1. The molecule has 0 atom stereocenters. The predicted molar refractivity (Wildman–Crippen MR) is 84.6 cm³/mol. The van der Waals surface area contributed by atoms with Crippen LogP contribution in [0.5, 0.6) is 5.75 Å². The molecular formula is C16H22O4. The van der Waals surface area contributed by atoms with E-state index in [1.54, 1.807) is 31.2 Å². The number of carboxylic acid groups (broad SMARTS) is 1. The smallest absolute Gasteiger partial charge is 0.327 e. The monoisotopic (exact) mass is 278 g/mol. The van der Waals surface area contributed by atoms with Crippen molar-refractivity contribution < 1.29 is 25.1 Å². The van der Waals surface area contributed by atoms with E-state index in [1.807, 2.05) is 0 Å². The molecule has 0 radical (unpaired) electrons. The van der Waals surface area contributed by atoms with Crippen LogP contribution in [-0.2, 0) is 4.79 Å². The van der Waals surface area contributed by atoms with Crippen LogP contribution in [0.3, 0.4) is 0 Å². The van der Waals surface area contributed by atoms with Gasteiger partial charge in [0.05, 0.1) is 0 Å². The SMILES string of the molecule is C=CC(=O)O.CC#CC#COc1ccc(C(C)=O)cc1.[HH].[HH].[HH].[HH]. The van der Waals surface area contributed by atoms with E-state index in [-0.39, 0.29) is 11.5 Å². The number of ketones is 1. The van der Waals surface area contributed by atoms with Crippen molar-refractivity contribution >= 4 is 11.8 Å². The van der Waals surface area contributed by atoms with E-state index >= 15 is 0 Å². The van der Waals surface area contributed by atoms with Gasteiger partial charge < -0.3 is 9.84 Å². The van der Waals surface area contributed by atoms with E-state index in [4.69, 9.17) is 9.84 Å². The fourth-order valence-electron chi connectivity index (χ4n) is 0.930. The van der Waals surface area contributed by atoms with Crippen LogP contribution < -0.4 is 4.74 Å². The highest BCUT2D eigenvalue weighted by Crippen LogP contribution is 2.11. The van der Waals surface area contributed by atoms with Gasteiger partial charge in [0.1, 0.15) is 11.9 Å². The van der Waals surface area contributed by atoms with Gasteiger partial charge in [-0.25, -0.2) is 4.79 Å². The van der Waals surface area contributed by atoms with Crippen molar-refractivity contribution in [1.29, 1.82) is 0 Å². The summed E-state index contributed by atoms with van der Waals surface area (Å²) in [7, 11) is 0.